The molecule has 15 N–H and O–H groups in total. The monoisotopic (exact) mass is 918 g/mol. The van der Waals surface area contributed by atoms with Gasteiger partial charge in [0, 0.05) is 44.5 Å². The highest BCUT2D eigenvalue weighted by Gasteiger charge is 2.56. The average Bonchev–Trinajstić information content (AvgIpc) is 3.28. The summed E-state index contributed by atoms with van der Waals surface area (Å²) in [6, 6.07) is 1.10. The number of aliphatic hydroxyl groups excluding tert-OH is 1. The topological polar surface area (TPSA) is 435 Å². The molecule has 0 radical (unpaired) electrons. The Labute approximate surface area is 362 Å². The molecule has 25 heteroatoms. The maximum absolute atomic E-state index is 15.0. The van der Waals surface area contributed by atoms with Gasteiger partial charge in [-0.2, -0.15) is 0 Å². The standard InChI is InChI=1S/C41H26O25/c1-5-12-13-6(2-9(42)22(46)25(13)49)37(58)65-41-35(64-36(57)7-3-10(43)23(47)26(50)14(7)15-8(38(59)66-41)4-11(44)24(48)27(15)51)34-33-31(55)20-19(40(61)62-33)17(29(53)32(56)30(20)54)16(28(52)21(5)45)18(12)39(60)63-34/h2-4,31,33-35,41-56H,1H3. The Morgan fingerprint density at radius 3 is 1.20 bits per heavy atom. The van der Waals surface area contributed by atoms with Crippen LogP contribution in [0.3, 0.4) is 0 Å². The lowest BCUT2D eigenvalue weighted by Crippen LogP contribution is -2.56. The molecule has 25 nitrogen and oxygen atoms in total. The van der Waals surface area contributed by atoms with E-state index in [1.165, 1.54) is 0 Å². The molecular formula is C41H26O25. The smallest absolute Gasteiger partial charge is 0.342 e. The number of rotatable bonds is 0. The van der Waals surface area contributed by atoms with Crippen molar-refractivity contribution in [3.8, 4) is 114 Å². The van der Waals surface area contributed by atoms with E-state index in [0.717, 1.165) is 6.92 Å². The van der Waals surface area contributed by atoms with Crippen molar-refractivity contribution in [2.45, 2.75) is 37.6 Å². The number of carbonyl (C=O) groups is 5. The molecule has 0 amide bonds. The van der Waals surface area contributed by atoms with Crippen LogP contribution in [0.1, 0.15) is 69.0 Å². The van der Waals surface area contributed by atoms with Gasteiger partial charge in [-0.3, -0.25) is 0 Å². The van der Waals surface area contributed by atoms with Crippen LogP contribution in [0.15, 0.2) is 18.2 Å². The number of phenolic OH excluding ortho intramolecular Hbond substituents is 14. The Hall–Kier alpha value is -9.39. The fourth-order valence-corrected chi connectivity index (χ4v) is 8.38. The second-order valence-electron chi connectivity index (χ2n) is 14.9. The summed E-state index contributed by atoms with van der Waals surface area (Å²) < 4.78 is 27.8. The van der Waals surface area contributed by atoms with E-state index in [1.54, 1.807) is 0 Å². The highest BCUT2D eigenvalue weighted by Crippen LogP contribution is 2.60. The molecule has 5 unspecified atom stereocenters. The van der Waals surface area contributed by atoms with Crippen molar-refractivity contribution in [1.82, 2.24) is 0 Å². The van der Waals surface area contributed by atoms with E-state index < -0.39 is 213 Å². The van der Waals surface area contributed by atoms with E-state index >= 15 is 4.79 Å². The number of aliphatic hydroxyl groups is 1. The minimum absolute atomic E-state index is 0.355. The van der Waals surface area contributed by atoms with Crippen molar-refractivity contribution < 1.29 is 124 Å². The number of hydrogen-bond acceptors (Lipinski definition) is 25. The molecule has 66 heavy (non-hydrogen) atoms. The normalized spacial score (nSPS) is 20.5. The quantitative estimate of drug-likeness (QED) is 0.0599. The largest absolute Gasteiger partial charge is 0.504 e. The summed E-state index contributed by atoms with van der Waals surface area (Å²) in [5, 5.41) is 166. The van der Waals surface area contributed by atoms with Gasteiger partial charge in [0.2, 0.25) is 29.1 Å². The molecule has 5 aliphatic heterocycles. The van der Waals surface area contributed by atoms with E-state index in [0.29, 0.717) is 18.2 Å². The number of aromatic hydroxyl groups is 14. The SMILES string of the molecule is Cc1c(O)c(O)c2c3c1-c1c(cc(O)c(O)c1O)C(=O)OC1OC(=O)c4cc(O)c(O)c(O)c4-c4c(cc(O)c(O)c4O)C(=O)OC1C(OC3=O)C1OC(=O)c3c-2c(O)c(O)c(O)c3C1O. The zero-order valence-corrected chi connectivity index (χ0v) is 32.4. The number of phenols is 14. The van der Waals surface area contributed by atoms with Crippen molar-refractivity contribution in [2.24, 2.45) is 0 Å². The Kier molecular flexibility index (Phi) is 8.77. The predicted molar refractivity (Wildman–Crippen MR) is 204 cm³/mol. The zero-order chi connectivity index (χ0) is 48.0. The molecule has 0 aromatic heterocycles. The lowest BCUT2D eigenvalue weighted by Gasteiger charge is -2.40. The molecule has 5 aromatic rings. The molecule has 6 bridgehead atoms. The summed E-state index contributed by atoms with van der Waals surface area (Å²) in [7, 11) is 0. The summed E-state index contributed by atoms with van der Waals surface area (Å²) in [5.41, 5.74) is -14.5. The minimum Gasteiger partial charge on any atom is -0.504 e. The lowest BCUT2D eigenvalue weighted by atomic mass is 9.79. The van der Waals surface area contributed by atoms with Gasteiger partial charge in [0.25, 0.3) is 6.29 Å². The lowest BCUT2D eigenvalue weighted by molar-refractivity contribution is -0.195. The van der Waals surface area contributed by atoms with Gasteiger partial charge in [-0.15, -0.1) is 0 Å². The van der Waals surface area contributed by atoms with Gasteiger partial charge < -0.3 is 100 Å². The van der Waals surface area contributed by atoms with Gasteiger partial charge in [0.15, 0.2) is 69.7 Å². The average molecular weight is 919 g/mol. The van der Waals surface area contributed by atoms with Crippen molar-refractivity contribution in [3.05, 3.63) is 57.1 Å². The summed E-state index contributed by atoms with van der Waals surface area (Å²) in [6.07, 6.45) is -14.0. The van der Waals surface area contributed by atoms with Gasteiger partial charge in [-0.1, -0.05) is 0 Å². The third kappa shape index (κ3) is 5.39. The Balaban J connectivity index is 1.46. The molecule has 0 aliphatic carbocycles. The number of ether oxygens (including phenoxy) is 5. The molecule has 0 fully saturated rings. The molecule has 0 saturated heterocycles. The van der Waals surface area contributed by atoms with Crippen LogP contribution in [-0.4, -0.2) is 131 Å². The Morgan fingerprint density at radius 1 is 0.348 bits per heavy atom. The number of benzene rings is 5. The van der Waals surface area contributed by atoms with E-state index in [4.69, 9.17) is 23.7 Å². The highest BCUT2D eigenvalue weighted by molar-refractivity contribution is 6.16. The predicted octanol–water partition coefficient (Wildman–Crippen LogP) is 1.88. The van der Waals surface area contributed by atoms with Gasteiger partial charge >= 0.3 is 29.8 Å². The Bertz CT molecular complexity index is 3170. The number of hydrogen-bond donors (Lipinski definition) is 15. The third-order valence-corrected chi connectivity index (χ3v) is 11.4. The maximum Gasteiger partial charge on any atom is 0.342 e. The second kappa shape index (κ2) is 13.8. The van der Waals surface area contributed by atoms with Crippen LogP contribution in [-0.2, 0) is 23.7 Å². The number of carbonyl (C=O) groups excluding carboxylic acids is 5. The second-order valence-corrected chi connectivity index (χ2v) is 14.9. The molecule has 5 aliphatic rings. The van der Waals surface area contributed by atoms with Crippen molar-refractivity contribution in [3.63, 3.8) is 0 Å². The van der Waals surface area contributed by atoms with E-state index in [1.807, 2.05) is 0 Å². The van der Waals surface area contributed by atoms with Crippen LogP contribution in [0.4, 0.5) is 0 Å². The van der Waals surface area contributed by atoms with Gasteiger partial charge in [-0.05, 0) is 25.1 Å². The van der Waals surface area contributed by atoms with Gasteiger partial charge in [0.05, 0.1) is 27.8 Å². The number of esters is 5. The van der Waals surface area contributed by atoms with Crippen LogP contribution < -0.4 is 0 Å². The number of fused-ring (bicyclic) bond motifs is 7. The first-order valence-electron chi connectivity index (χ1n) is 18.5. The summed E-state index contributed by atoms with van der Waals surface area (Å²) >= 11 is 0. The molecule has 5 heterocycles. The van der Waals surface area contributed by atoms with Crippen molar-refractivity contribution in [1.29, 1.82) is 0 Å². The molecule has 5 aromatic carbocycles. The van der Waals surface area contributed by atoms with E-state index in [2.05, 4.69) is 0 Å². The van der Waals surface area contributed by atoms with Crippen LogP contribution in [0.25, 0.3) is 33.4 Å². The zero-order valence-electron chi connectivity index (χ0n) is 32.4. The molecular weight excluding hydrogens is 892 g/mol. The van der Waals surface area contributed by atoms with Crippen LogP contribution >= 0.6 is 0 Å². The maximum atomic E-state index is 15.0. The van der Waals surface area contributed by atoms with E-state index in [9.17, 15) is 95.8 Å². The summed E-state index contributed by atoms with van der Waals surface area (Å²) in [6.45, 7) is 0.935. The minimum atomic E-state index is -3.01. The summed E-state index contributed by atoms with van der Waals surface area (Å²) in [5.74, 6) is -29.4. The van der Waals surface area contributed by atoms with E-state index in [-0.39, 0.29) is 0 Å². The fourth-order valence-electron chi connectivity index (χ4n) is 8.38. The molecule has 340 valence electrons. The third-order valence-electron chi connectivity index (χ3n) is 11.4. The van der Waals surface area contributed by atoms with Crippen LogP contribution in [0.2, 0.25) is 0 Å². The van der Waals surface area contributed by atoms with Gasteiger partial charge in [-0.25, -0.2) is 24.0 Å². The van der Waals surface area contributed by atoms with Crippen LogP contribution in [0, 0.1) is 6.92 Å². The highest BCUT2D eigenvalue weighted by atomic mass is 16.7. The fraction of sp³-hybridized carbons (Fsp3) is 0.146. The first-order valence-corrected chi connectivity index (χ1v) is 18.5. The first-order chi connectivity index (χ1) is 31.0. The molecule has 5 atom stereocenters. The molecule has 0 spiro atoms. The molecule has 10 rings (SSSR count). The van der Waals surface area contributed by atoms with Crippen molar-refractivity contribution in [2.75, 3.05) is 0 Å². The summed E-state index contributed by atoms with van der Waals surface area (Å²) in [4.78, 5) is 72.7. The Morgan fingerprint density at radius 2 is 0.712 bits per heavy atom. The van der Waals surface area contributed by atoms with Gasteiger partial charge in [0.1, 0.15) is 6.10 Å². The van der Waals surface area contributed by atoms with Crippen LogP contribution in [0.5, 0.6) is 80.5 Å². The van der Waals surface area contributed by atoms with Crippen molar-refractivity contribution >= 4 is 29.8 Å². The molecule has 0 saturated carbocycles. The first kappa shape index (κ1) is 41.9.